The highest BCUT2D eigenvalue weighted by molar-refractivity contribution is 5.98. The van der Waals surface area contributed by atoms with Crippen LogP contribution in [0.25, 0.3) is 0 Å². The summed E-state index contributed by atoms with van der Waals surface area (Å²) in [5, 5.41) is 18.9. The van der Waals surface area contributed by atoms with E-state index in [9.17, 15) is 19.7 Å². The van der Waals surface area contributed by atoms with Gasteiger partial charge in [0.15, 0.2) is 5.78 Å². The minimum absolute atomic E-state index is 0.0633. The third kappa shape index (κ3) is 3.37. The van der Waals surface area contributed by atoms with Crippen LogP contribution in [0.4, 0.5) is 5.69 Å². The fourth-order valence-electron chi connectivity index (χ4n) is 1.37. The topological polar surface area (TPSA) is 97.5 Å². The molecule has 0 saturated heterocycles. The summed E-state index contributed by atoms with van der Waals surface area (Å²) in [5.74, 6) is -2.18. The van der Waals surface area contributed by atoms with E-state index in [4.69, 9.17) is 5.11 Å². The summed E-state index contributed by atoms with van der Waals surface area (Å²) in [6.45, 7) is 1.58. The molecule has 0 bridgehead atoms. The van der Waals surface area contributed by atoms with Crippen LogP contribution in [0.2, 0.25) is 0 Å². The first-order valence-corrected chi connectivity index (χ1v) is 4.90. The molecule has 0 heterocycles. The Morgan fingerprint density at radius 1 is 1.35 bits per heavy atom. The number of ketones is 1. The van der Waals surface area contributed by atoms with Crippen molar-refractivity contribution < 1.29 is 19.6 Å². The average Bonchev–Trinajstić information content (AvgIpc) is 2.27. The molecule has 0 aliphatic rings. The minimum Gasteiger partial charge on any atom is -0.481 e. The number of hydrogen-bond acceptors (Lipinski definition) is 4. The molecule has 0 amide bonds. The molecule has 0 aromatic heterocycles. The number of nitro benzene ring substituents is 1. The van der Waals surface area contributed by atoms with Gasteiger partial charge in [-0.3, -0.25) is 19.7 Å². The average molecular weight is 237 g/mol. The largest absolute Gasteiger partial charge is 0.481 e. The summed E-state index contributed by atoms with van der Waals surface area (Å²) in [6, 6.07) is 5.50. The molecule has 1 aromatic rings. The molecule has 0 fully saturated rings. The molecular formula is C11H11NO5. The van der Waals surface area contributed by atoms with Crippen LogP contribution < -0.4 is 0 Å². The lowest BCUT2D eigenvalue weighted by Gasteiger charge is -2.08. The molecule has 1 aromatic carbocycles. The third-order valence-electron chi connectivity index (χ3n) is 2.41. The fourth-order valence-corrected chi connectivity index (χ4v) is 1.37. The normalized spacial score (nSPS) is 11.8. The SMILES string of the molecule is CC(C(=O)CC(=O)O)c1ccc([N+](=O)[O-])cc1. The van der Waals surface area contributed by atoms with Crippen LogP contribution >= 0.6 is 0 Å². The lowest BCUT2D eigenvalue weighted by molar-refractivity contribution is -0.384. The molecule has 6 heteroatoms. The van der Waals surface area contributed by atoms with E-state index >= 15 is 0 Å². The zero-order chi connectivity index (χ0) is 13.0. The van der Waals surface area contributed by atoms with Crippen LogP contribution in [0, 0.1) is 10.1 Å². The van der Waals surface area contributed by atoms with E-state index in [0.29, 0.717) is 5.56 Å². The number of aliphatic carboxylic acids is 1. The second-order valence-corrected chi connectivity index (χ2v) is 3.61. The Bertz CT molecular complexity index is 451. The van der Waals surface area contributed by atoms with Gasteiger partial charge in [-0.2, -0.15) is 0 Å². The zero-order valence-electron chi connectivity index (χ0n) is 9.12. The number of non-ortho nitro benzene ring substituents is 1. The minimum atomic E-state index is -1.18. The molecule has 17 heavy (non-hydrogen) atoms. The standard InChI is InChI=1S/C11H11NO5/c1-7(10(13)6-11(14)15)8-2-4-9(5-3-8)12(16)17/h2-5,7H,6H2,1H3,(H,14,15). The highest BCUT2D eigenvalue weighted by atomic mass is 16.6. The van der Waals surface area contributed by atoms with Gasteiger partial charge in [-0.15, -0.1) is 0 Å². The van der Waals surface area contributed by atoms with Crippen LogP contribution in [-0.2, 0) is 9.59 Å². The fraction of sp³-hybridized carbons (Fsp3) is 0.273. The molecule has 6 nitrogen and oxygen atoms in total. The number of rotatable bonds is 5. The van der Waals surface area contributed by atoms with Crippen molar-refractivity contribution in [1.82, 2.24) is 0 Å². The first kappa shape index (κ1) is 12.8. The van der Waals surface area contributed by atoms with Crippen LogP contribution in [0.5, 0.6) is 0 Å². The Labute approximate surface area is 97.0 Å². The van der Waals surface area contributed by atoms with E-state index in [2.05, 4.69) is 0 Å². The maximum Gasteiger partial charge on any atom is 0.310 e. The molecule has 1 N–H and O–H groups in total. The van der Waals surface area contributed by atoms with Gasteiger partial charge in [0.2, 0.25) is 0 Å². The summed E-state index contributed by atoms with van der Waals surface area (Å²) in [6.07, 6.45) is -0.543. The molecule has 0 aliphatic heterocycles. The lowest BCUT2D eigenvalue weighted by atomic mass is 9.95. The number of nitro groups is 1. The number of benzene rings is 1. The zero-order valence-corrected chi connectivity index (χ0v) is 9.12. The maximum absolute atomic E-state index is 11.5. The van der Waals surface area contributed by atoms with Crippen LogP contribution in [0.1, 0.15) is 24.8 Å². The van der Waals surface area contributed by atoms with E-state index < -0.39 is 29.0 Å². The van der Waals surface area contributed by atoms with Gasteiger partial charge in [0.05, 0.1) is 4.92 Å². The molecule has 1 atom stereocenters. The number of carbonyl (C=O) groups is 2. The van der Waals surface area contributed by atoms with Gasteiger partial charge in [0.25, 0.3) is 5.69 Å². The van der Waals surface area contributed by atoms with Gasteiger partial charge in [0, 0.05) is 18.1 Å². The monoisotopic (exact) mass is 237 g/mol. The van der Waals surface area contributed by atoms with Gasteiger partial charge in [0.1, 0.15) is 6.42 Å². The van der Waals surface area contributed by atoms with E-state index in [1.807, 2.05) is 0 Å². The Morgan fingerprint density at radius 3 is 2.29 bits per heavy atom. The maximum atomic E-state index is 11.5. The van der Waals surface area contributed by atoms with Crippen molar-refractivity contribution in [2.24, 2.45) is 0 Å². The van der Waals surface area contributed by atoms with Crippen molar-refractivity contribution in [3.8, 4) is 0 Å². The van der Waals surface area contributed by atoms with Crippen molar-refractivity contribution in [3.05, 3.63) is 39.9 Å². The van der Waals surface area contributed by atoms with Crippen LogP contribution in [-0.4, -0.2) is 21.8 Å². The summed E-state index contributed by atoms with van der Waals surface area (Å²) in [5.41, 5.74) is 0.508. The molecule has 0 spiro atoms. The van der Waals surface area contributed by atoms with Gasteiger partial charge in [-0.05, 0) is 5.56 Å². The number of hydrogen-bond donors (Lipinski definition) is 1. The van der Waals surface area contributed by atoms with Crippen molar-refractivity contribution in [3.63, 3.8) is 0 Å². The predicted molar refractivity (Wildman–Crippen MR) is 58.8 cm³/mol. The summed E-state index contributed by atoms with van der Waals surface area (Å²) in [7, 11) is 0. The number of Topliss-reactive ketones (excluding diaryl/α,β-unsaturated/α-hetero) is 1. The van der Waals surface area contributed by atoms with E-state index in [1.54, 1.807) is 6.92 Å². The molecular weight excluding hydrogens is 226 g/mol. The lowest BCUT2D eigenvalue weighted by Crippen LogP contribution is -2.13. The highest BCUT2D eigenvalue weighted by Crippen LogP contribution is 2.20. The molecule has 1 rings (SSSR count). The van der Waals surface area contributed by atoms with Crippen LogP contribution in [0.3, 0.4) is 0 Å². The van der Waals surface area contributed by atoms with E-state index in [0.717, 1.165) is 0 Å². The Hall–Kier alpha value is -2.24. The van der Waals surface area contributed by atoms with Crippen molar-refractivity contribution in [1.29, 1.82) is 0 Å². The second kappa shape index (κ2) is 5.20. The number of nitrogens with zero attached hydrogens (tertiary/aromatic N) is 1. The Morgan fingerprint density at radius 2 is 1.88 bits per heavy atom. The Balaban J connectivity index is 2.82. The summed E-state index contributed by atoms with van der Waals surface area (Å²) >= 11 is 0. The first-order valence-electron chi connectivity index (χ1n) is 4.90. The summed E-state index contributed by atoms with van der Waals surface area (Å²) < 4.78 is 0. The third-order valence-corrected chi connectivity index (χ3v) is 2.41. The van der Waals surface area contributed by atoms with E-state index in [1.165, 1.54) is 24.3 Å². The van der Waals surface area contributed by atoms with Gasteiger partial charge >= 0.3 is 5.97 Å². The van der Waals surface area contributed by atoms with Crippen molar-refractivity contribution in [2.45, 2.75) is 19.3 Å². The first-order chi connectivity index (χ1) is 7.91. The molecule has 0 radical (unpaired) electrons. The quantitative estimate of drug-likeness (QED) is 0.478. The number of carboxylic acids is 1. The van der Waals surface area contributed by atoms with Gasteiger partial charge in [-0.1, -0.05) is 19.1 Å². The van der Waals surface area contributed by atoms with Crippen molar-refractivity contribution >= 4 is 17.4 Å². The molecule has 90 valence electrons. The van der Waals surface area contributed by atoms with Gasteiger partial charge < -0.3 is 5.11 Å². The predicted octanol–water partition coefficient (Wildman–Crippen LogP) is 1.74. The summed E-state index contributed by atoms with van der Waals surface area (Å²) in [4.78, 5) is 31.7. The number of carboxylic acid groups (broad SMARTS) is 1. The number of carbonyl (C=O) groups excluding carboxylic acids is 1. The van der Waals surface area contributed by atoms with Crippen LogP contribution in [0.15, 0.2) is 24.3 Å². The highest BCUT2D eigenvalue weighted by Gasteiger charge is 2.18. The molecule has 1 unspecified atom stereocenters. The molecule has 0 saturated carbocycles. The van der Waals surface area contributed by atoms with Crippen molar-refractivity contribution in [2.75, 3.05) is 0 Å². The second-order valence-electron chi connectivity index (χ2n) is 3.61. The van der Waals surface area contributed by atoms with Gasteiger partial charge in [-0.25, -0.2) is 0 Å². The smallest absolute Gasteiger partial charge is 0.310 e. The van der Waals surface area contributed by atoms with E-state index in [-0.39, 0.29) is 5.69 Å². The molecule has 0 aliphatic carbocycles. The Kier molecular flexibility index (Phi) is 3.92.